The number of anilines is 4. The van der Waals surface area contributed by atoms with Crippen molar-refractivity contribution < 1.29 is 9.47 Å². The van der Waals surface area contributed by atoms with Crippen molar-refractivity contribution in [2.24, 2.45) is 5.92 Å². The first-order valence-electron chi connectivity index (χ1n) is 17.7. The minimum Gasteiger partial charge on any atom is -0.382 e. The Morgan fingerprint density at radius 3 is 1.71 bits per heavy atom. The minimum absolute atomic E-state index is 0.193. The van der Waals surface area contributed by atoms with E-state index < -0.39 is 0 Å². The van der Waals surface area contributed by atoms with E-state index in [2.05, 4.69) is 57.3 Å². The monoisotopic (exact) mass is 706 g/mol. The lowest BCUT2D eigenvalue weighted by Gasteiger charge is -2.27. The first-order valence-corrected chi connectivity index (χ1v) is 17.7. The van der Waals surface area contributed by atoms with Crippen LogP contribution >= 0.6 is 0 Å². The van der Waals surface area contributed by atoms with Gasteiger partial charge in [-0.1, -0.05) is 20.8 Å². The summed E-state index contributed by atoms with van der Waals surface area (Å²) >= 11 is 0. The van der Waals surface area contributed by atoms with Crippen molar-refractivity contribution in [1.82, 2.24) is 59.0 Å². The molecule has 0 bridgehead atoms. The Morgan fingerprint density at radius 2 is 1.21 bits per heavy atom. The van der Waals surface area contributed by atoms with Crippen LogP contribution in [-0.4, -0.2) is 112 Å². The summed E-state index contributed by atoms with van der Waals surface area (Å²) < 4.78 is 15.3. The summed E-state index contributed by atoms with van der Waals surface area (Å²) in [5.41, 5.74) is 10.9. The Hall–Kier alpha value is -5.62. The molecule has 2 unspecified atom stereocenters. The fraction of sp³-hybridized carbons (Fsp3) is 0.471. The van der Waals surface area contributed by atoms with Crippen molar-refractivity contribution in [3.05, 3.63) is 37.4 Å². The maximum absolute atomic E-state index is 5.84. The SMILES string of the molecule is CCC(Nc1cnc(-c2nc(N3CCOCC3)nc3c2ncn3C(C)C(C)C)cn1)n1cnc2c(-c3cnc(N)cn3)nc(N3CCOCC3)nc21. The second kappa shape index (κ2) is 14.2. The van der Waals surface area contributed by atoms with Gasteiger partial charge in [-0.3, -0.25) is 4.57 Å². The van der Waals surface area contributed by atoms with E-state index in [9.17, 15) is 0 Å². The first-order chi connectivity index (χ1) is 25.4. The number of ether oxygens (including phenoxy) is 2. The molecule has 6 aromatic rings. The van der Waals surface area contributed by atoms with Crippen LogP contribution in [0.25, 0.3) is 45.1 Å². The molecule has 3 N–H and O–H groups in total. The molecule has 8 rings (SSSR count). The van der Waals surface area contributed by atoms with E-state index in [0.29, 0.717) is 128 Å². The molecule has 0 aromatic carbocycles. The van der Waals surface area contributed by atoms with Gasteiger partial charge in [0.15, 0.2) is 11.3 Å². The number of nitrogens with zero attached hydrogens (tertiary/aromatic N) is 14. The van der Waals surface area contributed by atoms with Crippen LogP contribution < -0.4 is 20.9 Å². The summed E-state index contributed by atoms with van der Waals surface area (Å²) in [6, 6.07) is 0.193. The van der Waals surface area contributed by atoms with Gasteiger partial charge < -0.3 is 34.9 Å². The van der Waals surface area contributed by atoms with Crippen molar-refractivity contribution in [2.75, 3.05) is 73.5 Å². The molecule has 2 fully saturated rings. The molecule has 0 amide bonds. The van der Waals surface area contributed by atoms with Gasteiger partial charge >= 0.3 is 0 Å². The van der Waals surface area contributed by atoms with Gasteiger partial charge in [0.2, 0.25) is 11.9 Å². The van der Waals surface area contributed by atoms with Crippen LogP contribution in [0.5, 0.6) is 0 Å². The van der Waals surface area contributed by atoms with Crippen molar-refractivity contribution in [2.45, 2.75) is 46.3 Å². The van der Waals surface area contributed by atoms with Crippen LogP contribution in [0.2, 0.25) is 0 Å². The molecule has 18 heteroatoms. The molecule has 270 valence electrons. The van der Waals surface area contributed by atoms with Gasteiger partial charge in [0.1, 0.15) is 51.6 Å². The highest BCUT2D eigenvalue weighted by Gasteiger charge is 2.25. The number of rotatable bonds is 10. The van der Waals surface area contributed by atoms with E-state index >= 15 is 0 Å². The molecule has 2 aliphatic heterocycles. The fourth-order valence-corrected chi connectivity index (χ4v) is 6.35. The Morgan fingerprint density at radius 1 is 0.673 bits per heavy atom. The molecule has 0 aliphatic carbocycles. The Labute approximate surface area is 299 Å². The van der Waals surface area contributed by atoms with E-state index in [0.717, 1.165) is 5.65 Å². The van der Waals surface area contributed by atoms with Crippen molar-refractivity contribution >= 4 is 45.9 Å². The number of hydrogen-bond acceptors (Lipinski definition) is 16. The number of aromatic nitrogens is 12. The third-order valence-corrected chi connectivity index (χ3v) is 9.66. The predicted octanol–water partition coefficient (Wildman–Crippen LogP) is 3.37. The van der Waals surface area contributed by atoms with E-state index in [1.807, 2.05) is 10.9 Å². The Balaban J connectivity index is 1.13. The van der Waals surface area contributed by atoms with E-state index in [-0.39, 0.29) is 12.2 Å². The highest BCUT2D eigenvalue weighted by atomic mass is 16.5. The van der Waals surface area contributed by atoms with Gasteiger partial charge in [-0.2, -0.15) is 9.97 Å². The summed E-state index contributed by atoms with van der Waals surface area (Å²) in [7, 11) is 0. The minimum atomic E-state index is -0.255. The molecule has 2 atom stereocenters. The number of morpholine rings is 2. The molecule has 18 nitrogen and oxygen atoms in total. The van der Waals surface area contributed by atoms with Gasteiger partial charge in [0.05, 0.1) is 63.9 Å². The largest absolute Gasteiger partial charge is 0.382 e. The van der Waals surface area contributed by atoms with Crippen LogP contribution in [0.1, 0.15) is 46.3 Å². The molecule has 2 aliphatic rings. The number of hydrogen-bond donors (Lipinski definition) is 2. The Bertz CT molecular complexity index is 2160. The van der Waals surface area contributed by atoms with Gasteiger partial charge in [0, 0.05) is 32.2 Å². The van der Waals surface area contributed by atoms with E-state index in [1.165, 1.54) is 6.20 Å². The number of fused-ring (bicyclic) bond motifs is 2. The molecule has 8 heterocycles. The molecule has 0 spiro atoms. The average Bonchev–Trinajstić information content (AvgIpc) is 3.82. The van der Waals surface area contributed by atoms with Gasteiger partial charge in [0.25, 0.3) is 0 Å². The van der Waals surface area contributed by atoms with Gasteiger partial charge in [-0.25, -0.2) is 39.9 Å². The molecular formula is C34H42N16O2. The maximum Gasteiger partial charge on any atom is 0.228 e. The standard InChI is InChI=1S/C34H42N16O2/c1-5-26(50-19-41-30-27(22-14-38-24(35)16-36-22)43-34(46-32(30)50)48-8-12-52-13-9-48)42-25-17-37-23(15-39-25)28-29-31(49(18-40-29)21(4)20(2)3)45-33(44-28)47-6-10-51-11-7-47/h14-21,26H,5-13H2,1-4H3,(H2,35,38)(H,39,42). The van der Waals surface area contributed by atoms with E-state index in [4.69, 9.17) is 55.1 Å². The zero-order valence-corrected chi connectivity index (χ0v) is 29.7. The second-order valence-electron chi connectivity index (χ2n) is 13.3. The van der Waals surface area contributed by atoms with Crippen LogP contribution in [-0.2, 0) is 9.47 Å². The number of imidazole rings is 2. The molecule has 52 heavy (non-hydrogen) atoms. The quantitative estimate of drug-likeness (QED) is 0.210. The van der Waals surface area contributed by atoms with Crippen LogP contribution in [0, 0.1) is 5.92 Å². The lowest BCUT2D eigenvalue weighted by Crippen LogP contribution is -2.37. The third kappa shape index (κ3) is 6.38. The van der Waals surface area contributed by atoms with Gasteiger partial charge in [-0.15, -0.1) is 0 Å². The van der Waals surface area contributed by atoms with Crippen LogP contribution in [0.4, 0.5) is 23.5 Å². The Kier molecular flexibility index (Phi) is 9.14. The normalized spacial score (nSPS) is 16.6. The van der Waals surface area contributed by atoms with E-state index in [1.54, 1.807) is 24.9 Å². The molecule has 0 radical (unpaired) electrons. The topological polar surface area (TPSA) is 202 Å². The average molecular weight is 707 g/mol. The summed E-state index contributed by atoms with van der Waals surface area (Å²) in [6.07, 6.45) is 10.6. The van der Waals surface area contributed by atoms with Crippen molar-refractivity contribution in [1.29, 1.82) is 0 Å². The lowest BCUT2D eigenvalue weighted by molar-refractivity contribution is 0.122. The second-order valence-corrected chi connectivity index (χ2v) is 13.3. The molecule has 2 saturated heterocycles. The first kappa shape index (κ1) is 33.5. The van der Waals surface area contributed by atoms with Crippen molar-refractivity contribution in [3.8, 4) is 22.8 Å². The lowest BCUT2D eigenvalue weighted by atomic mass is 10.1. The number of nitrogens with one attached hydrogen (secondary N) is 1. The van der Waals surface area contributed by atoms with Crippen LogP contribution in [0.15, 0.2) is 37.4 Å². The number of nitrogens with two attached hydrogens (primary N) is 1. The summed E-state index contributed by atoms with van der Waals surface area (Å²) in [5.74, 6) is 2.51. The highest BCUT2D eigenvalue weighted by Crippen LogP contribution is 2.32. The highest BCUT2D eigenvalue weighted by molar-refractivity contribution is 5.88. The smallest absolute Gasteiger partial charge is 0.228 e. The van der Waals surface area contributed by atoms with Crippen molar-refractivity contribution in [3.63, 3.8) is 0 Å². The zero-order chi connectivity index (χ0) is 35.8. The maximum atomic E-state index is 5.84. The summed E-state index contributed by atoms with van der Waals surface area (Å²) in [5, 5.41) is 3.54. The fourth-order valence-electron chi connectivity index (χ4n) is 6.35. The predicted molar refractivity (Wildman–Crippen MR) is 196 cm³/mol. The zero-order valence-electron chi connectivity index (χ0n) is 29.7. The summed E-state index contributed by atoms with van der Waals surface area (Å²) in [4.78, 5) is 52.0. The third-order valence-electron chi connectivity index (χ3n) is 9.66. The van der Waals surface area contributed by atoms with Gasteiger partial charge in [-0.05, 0) is 19.3 Å². The molecule has 6 aromatic heterocycles. The summed E-state index contributed by atoms with van der Waals surface area (Å²) in [6.45, 7) is 13.9. The van der Waals surface area contributed by atoms with Crippen LogP contribution in [0.3, 0.4) is 0 Å². The number of nitrogen functional groups attached to an aromatic ring is 1. The molecule has 0 saturated carbocycles. The molecular weight excluding hydrogens is 664 g/mol.